The molecular formula is C21H24N2O2. The van der Waals surface area contributed by atoms with Gasteiger partial charge in [-0.1, -0.05) is 42.5 Å². The molecule has 2 aromatic carbocycles. The Morgan fingerprint density at radius 1 is 1.04 bits per heavy atom. The minimum Gasteiger partial charge on any atom is -0.379 e. The number of morpholine rings is 1. The van der Waals surface area contributed by atoms with Gasteiger partial charge in [0.15, 0.2) is 0 Å². The van der Waals surface area contributed by atoms with Crippen molar-refractivity contribution in [1.82, 2.24) is 10.2 Å². The zero-order chi connectivity index (χ0) is 17.1. The topological polar surface area (TPSA) is 41.6 Å². The standard InChI is InChI=1S/C21H24N2O2/c24-21(22-15-16-4-2-1-3-5-16)18-8-6-17(7-9-18)19-14-20(19)23-10-12-25-13-11-23/h1-9,19-20H,10-15H2,(H,22,24)/t19-,20+/m0/s1. The number of benzene rings is 2. The van der Waals surface area contributed by atoms with Crippen LogP contribution in [0.5, 0.6) is 0 Å². The molecule has 1 saturated carbocycles. The Morgan fingerprint density at radius 3 is 2.48 bits per heavy atom. The molecule has 4 heteroatoms. The third kappa shape index (κ3) is 3.91. The van der Waals surface area contributed by atoms with Crippen LogP contribution in [0.4, 0.5) is 0 Å². The molecule has 1 N–H and O–H groups in total. The number of carbonyl (C=O) groups is 1. The summed E-state index contributed by atoms with van der Waals surface area (Å²) in [6.07, 6.45) is 1.22. The smallest absolute Gasteiger partial charge is 0.251 e. The first-order valence-corrected chi connectivity index (χ1v) is 9.05. The third-order valence-corrected chi connectivity index (χ3v) is 5.17. The lowest BCUT2D eigenvalue weighted by Gasteiger charge is -2.27. The van der Waals surface area contributed by atoms with Crippen LogP contribution in [0, 0.1) is 0 Å². The van der Waals surface area contributed by atoms with Crippen LogP contribution in [0.1, 0.15) is 33.8 Å². The second-order valence-corrected chi connectivity index (χ2v) is 6.85. The Hall–Kier alpha value is -2.17. The van der Waals surface area contributed by atoms with E-state index in [1.807, 2.05) is 42.5 Å². The van der Waals surface area contributed by atoms with E-state index < -0.39 is 0 Å². The Morgan fingerprint density at radius 2 is 1.76 bits per heavy atom. The zero-order valence-corrected chi connectivity index (χ0v) is 14.4. The molecule has 1 heterocycles. The molecule has 4 nitrogen and oxygen atoms in total. The van der Waals surface area contributed by atoms with Crippen molar-refractivity contribution in [3.05, 3.63) is 71.3 Å². The van der Waals surface area contributed by atoms with E-state index in [1.54, 1.807) is 0 Å². The highest BCUT2D eigenvalue weighted by Crippen LogP contribution is 2.44. The number of hydrogen-bond donors (Lipinski definition) is 1. The van der Waals surface area contributed by atoms with Gasteiger partial charge in [-0.3, -0.25) is 9.69 Å². The van der Waals surface area contributed by atoms with Gasteiger partial charge in [0.2, 0.25) is 0 Å². The van der Waals surface area contributed by atoms with Gasteiger partial charge >= 0.3 is 0 Å². The summed E-state index contributed by atoms with van der Waals surface area (Å²) in [6, 6.07) is 18.8. The molecule has 2 fully saturated rings. The number of nitrogens with one attached hydrogen (secondary N) is 1. The van der Waals surface area contributed by atoms with Crippen molar-refractivity contribution in [3.8, 4) is 0 Å². The molecule has 2 aliphatic rings. The van der Waals surface area contributed by atoms with Gasteiger partial charge in [0.25, 0.3) is 5.91 Å². The summed E-state index contributed by atoms with van der Waals surface area (Å²) in [6.45, 7) is 4.35. The number of rotatable bonds is 5. The van der Waals surface area contributed by atoms with E-state index in [4.69, 9.17) is 4.74 Å². The van der Waals surface area contributed by atoms with Gasteiger partial charge in [-0.2, -0.15) is 0 Å². The fourth-order valence-corrected chi connectivity index (χ4v) is 3.61. The van der Waals surface area contributed by atoms with Gasteiger partial charge in [0, 0.05) is 37.2 Å². The molecule has 0 radical (unpaired) electrons. The van der Waals surface area contributed by atoms with Gasteiger partial charge in [0.05, 0.1) is 13.2 Å². The molecule has 4 rings (SSSR count). The van der Waals surface area contributed by atoms with E-state index in [2.05, 4.69) is 22.3 Å². The van der Waals surface area contributed by atoms with Crippen molar-refractivity contribution in [2.45, 2.75) is 24.9 Å². The van der Waals surface area contributed by atoms with Crippen molar-refractivity contribution >= 4 is 5.91 Å². The molecule has 1 aliphatic heterocycles. The van der Waals surface area contributed by atoms with Crippen LogP contribution in [0.3, 0.4) is 0 Å². The molecule has 1 amide bonds. The summed E-state index contributed by atoms with van der Waals surface area (Å²) in [4.78, 5) is 14.8. The van der Waals surface area contributed by atoms with E-state index in [-0.39, 0.29) is 5.91 Å². The lowest BCUT2D eigenvalue weighted by atomic mass is 10.1. The average Bonchev–Trinajstić information content (AvgIpc) is 3.49. The van der Waals surface area contributed by atoms with Crippen LogP contribution < -0.4 is 5.32 Å². The van der Waals surface area contributed by atoms with Crippen molar-refractivity contribution in [1.29, 1.82) is 0 Å². The first kappa shape index (κ1) is 16.3. The summed E-state index contributed by atoms with van der Waals surface area (Å²) in [5.74, 6) is 0.593. The van der Waals surface area contributed by atoms with Gasteiger partial charge in [-0.25, -0.2) is 0 Å². The number of carbonyl (C=O) groups excluding carboxylic acids is 1. The maximum Gasteiger partial charge on any atom is 0.251 e. The Kier molecular flexibility index (Phi) is 4.81. The molecule has 25 heavy (non-hydrogen) atoms. The lowest BCUT2D eigenvalue weighted by molar-refractivity contribution is 0.0331. The predicted octanol–water partition coefficient (Wildman–Crippen LogP) is 2.80. The van der Waals surface area contributed by atoms with Crippen LogP contribution in [-0.2, 0) is 11.3 Å². The minimum atomic E-state index is -0.0177. The first-order chi connectivity index (χ1) is 12.3. The van der Waals surface area contributed by atoms with Crippen LogP contribution in [-0.4, -0.2) is 43.2 Å². The second-order valence-electron chi connectivity index (χ2n) is 6.85. The van der Waals surface area contributed by atoms with Crippen LogP contribution in [0.2, 0.25) is 0 Å². The van der Waals surface area contributed by atoms with E-state index >= 15 is 0 Å². The van der Waals surface area contributed by atoms with E-state index in [1.165, 1.54) is 12.0 Å². The SMILES string of the molecule is O=C(NCc1ccccc1)c1ccc([C@@H]2C[C@H]2N2CCOCC2)cc1. The summed E-state index contributed by atoms with van der Waals surface area (Å²) in [7, 11) is 0. The molecule has 0 unspecified atom stereocenters. The number of hydrogen-bond acceptors (Lipinski definition) is 3. The van der Waals surface area contributed by atoms with Crippen molar-refractivity contribution in [2.75, 3.05) is 26.3 Å². The molecule has 130 valence electrons. The van der Waals surface area contributed by atoms with Gasteiger partial charge < -0.3 is 10.1 Å². The van der Waals surface area contributed by atoms with E-state index in [0.29, 0.717) is 18.5 Å². The highest BCUT2D eigenvalue weighted by Gasteiger charge is 2.42. The average molecular weight is 336 g/mol. The van der Waals surface area contributed by atoms with Crippen LogP contribution >= 0.6 is 0 Å². The fourth-order valence-electron chi connectivity index (χ4n) is 3.61. The summed E-state index contributed by atoms with van der Waals surface area (Å²) >= 11 is 0. The highest BCUT2D eigenvalue weighted by molar-refractivity contribution is 5.94. The monoisotopic (exact) mass is 336 g/mol. The normalized spacial score (nSPS) is 23.2. The molecule has 1 saturated heterocycles. The molecule has 1 aliphatic carbocycles. The number of nitrogens with zero attached hydrogens (tertiary/aromatic N) is 1. The zero-order valence-electron chi connectivity index (χ0n) is 14.4. The predicted molar refractivity (Wildman–Crippen MR) is 97.6 cm³/mol. The minimum absolute atomic E-state index is 0.0177. The maximum absolute atomic E-state index is 12.3. The largest absolute Gasteiger partial charge is 0.379 e. The number of ether oxygens (including phenoxy) is 1. The number of amides is 1. The second kappa shape index (κ2) is 7.38. The molecule has 2 atom stereocenters. The van der Waals surface area contributed by atoms with E-state index in [9.17, 15) is 4.79 Å². The van der Waals surface area contributed by atoms with Crippen molar-refractivity contribution in [3.63, 3.8) is 0 Å². The summed E-state index contributed by atoms with van der Waals surface area (Å²) in [5.41, 5.74) is 3.18. The van der Waals surface area contributed by atoms with Crippen LogP contribution in [0.25, 0.3) is 0 Å². The molecule has 0 aromatic heterocycles. The third-order valence-electron chi connectivity index (χ3n) is 5.17. The summed E-state index contributed by atoms with van der Waals surface area (Å²) < 4.78 is 5.43. The Bertz CT molecular complexity index is 708. The molecule has 2 aromatic rings. The van der Waals surface area contributed by atoms with Gasteiger partial charge in [0.1, 0.15) is 0 Å². The van der Waals surface area contributed by atoms with Gasteiger partial charge in [-0.05, 0) is 29.7 Å². The van der Waals surface area contributed by atoms with E-state index in [0.717, 1.165) is 37.4 Å². The Balaban J connectivity index is 1.32. The van der Waals surface area contributed by atoms with Crippen molar-refractivity contribution in [2.24, 2.45) is 0 Å². The highest BCUT2D eigenvalue weighted by atomic mass is 16.5. The first-order valence-electron chi connectivity index (χ1n) is 9.05. The van der Waals surface area contributed by atoms with Gasteiger partial charge in [-0.15, -0.1) is 0 Å². The molecular weight excluding hydrogens is 312 g/mol. The quantitative estimate of drug-likeness (QED) is 0.913. The Labute approximate surface area is 148 Å². The fraction of sp³-hybridized carbons (Fsp3) is 0.381. The van der Waals surface area contributed by atoms with Crippen molar-refractivity contribution < 1.29 is 9.53 Å². The summed E-state index contributed by atoms with van der Waals surface area (Å²) in [5, 5.41) is 2.98. The lowest BCUT2D eigenvalue weighted by Crippen LogP contribution is -2.38. The van der Waals surface area contributed by atoms with Crippen LogP contribution in [0.15, 0.2) is 54.6 Å². The molecule has 0 bridgehead atoms. The molecule has 0 spiro atoms. The maximum atomic E-state index is 12.3.